The second-order valence-corrected chi connectivity index (χ2v) is 6.00. The van der Waals surface area contributed by atoms with E-state index in [1.807, 2.05) is 0 Å². The van der Waals surface area contributed by atoms with Crippen LogP contribution < -0.4 is 11.5 Å². The molecule has 0 unspecified atom stereocenters. The van der Waals surface area contributed by atoms with Crippen LogP contribution in [0.5, 0.6) is 0 Å². The molecular weight excluding hydrogens is 264 g/mol. The van der Waals surface area contributed by atoms with Gasteiger partial charge in [-0.25, -0.2) is 0 Å². The fraction of sp³-hybridized carbons (Fsp3) is 0.778. The zero-order valence-corrected chi connectivity index (χ0v) is 11.3. The van der Waals surface area contributed by atoms with Crippen LogP contribution in [0, 0.1) is 0 Å². The van der Waals surface area contributed by atoms with E-state index in [0.29, 0.717) is 24.3 Å². The normalized spacial score (nSPS) is 14.1. The van der Waals surface area contributed by atoms with Crippen molar-refractivity contribution in [1.29, 1.82) is 0 Å². The molecule has 0 saturated carbocycles. The summed E-state index contributed by atoms with van der Waals surface area (Å²) in [6, 6.07) is -1.39. The van der Waals surface area contributed by atoms with Gasteiger partial charge in [-0.3, -0.25) is 9.59 Å². The standard InChI is InChI=1S/C9H18N2O4S2/c1-15-9(14)7(11)3-5-17-16-4-2-6(10)8(12)13/h6-7H,2-5,10-11H2,1H3,(H,12,13)/t6-,7-/m1/s1. The summed E-state index contributed by atoms with van der Waals surface area (Å²) in [6.07, 6.45) is 0.964. The third kappa shape index (κ3) is 8.31. The Morgan fingerprint density at radius 2 is 1.65 bits per heavy atom. The Balaban J connectivity index is 3.41. The smallest absolute Gasteiger partial charge is 0.322 e. The van der Waals surface area contributed by atoms with Crippen molar-refractivity contribution < 1.29 is 19.4 Å². The molecule has 0 fully saturated rings. The molecule has 0 amide bonds. The van der Waals surface area contributed by atoms with Crippen LogP contribution in [0.2, 0.25) is 0 Å². The highest BCUT2D eigenvalue weighted by molar-refractivity contribution is 8.76. The highest BCUT2D eigenvalue weighted by Gasteiger charge is 2.13. The maximum Gasteiger partial charge on any atom is 0.322 e. The second-order valence-electron chi connectivity index (χ2n) is 3.30. The van der Waals surface area contributed by atoms with Gasteiger partial charge in [-0.05, 0) is 12.8 Å². The number of carbonyl (C=O) groups is 2. The summed E-state index contributed by atoms with van der Waals surface area (Å²) in [5.74, 6) is -0.0266. The summed E-state index contributed by atoms with van der Waals surface area (Å²) in [6.45, 7) is 0. The first-order valence-corrected chi connectivity index (χ1v) is 7.54. The Hall–Kier alpha value is -0.440. The number of nitrogens with two attached hydrogens (primary N) is 2. The molecule has 100 valence electrons. The van der Waals surface area contributed by atoms with Crippen molar-refractivity contribution >= 4 is 33.5 Å². The van der Waals surface area contributed by atoms with Crippen LogP contribution in [-0.2, 0) is 14.3 Å². The molecule has 8 heteroatoms. The fourth-order valence-corrected chi connectivity index (χ4v) is 3.08. The molecule has 0 aliphatic heterocycles. The summed E-state index contributed by atoms with van der Waals surface area (Å²) in [7, 11) is 4.37. The van der Waals surface area contributed by atoms with Crippen LogP contribution in [0.3, 0.4) is 0 Å². The maximum absolute atomic E-state index is 11.0. The van der Waals surface area contributed by atoms with Gasteiger partial charge in [-0.15, -0.1) is 0 Å². The Bertz CT molecular complexity index is 253. The van der Waals surface area contributed by atoms with Crippen molar-refractivity contribution in [2.24, 2.45) is 11.5 Å². The molecule has 0 radical (unpaired) electrons. The lowest BCUT2D eigenvalue weighted by molar-refractivity contribution is -0.142. The molecule has 0 aliphatic carbocycles. The Morgan fingerprint density at radius 3 is 2.06 bits per heavy atom. The molecular formula is C9H18N2O4S2. The van der Waals surface area contributed by atoms with Gasteiger partial charge in [0.05, 0.1) is 7.11 Å². The van der Waals surface area contributed by atoms with Crippen LogP contribution in [0.15, 0.2) is 0 Å². The van der Waals surface area contributed by atoms with Crippen molar-refractivity contribution in [2.45, 2.75) is 24.9 Å². The molecule has 0 aliphatic rings. The Morgan fingerprint density at radius 1 is 1.18 bits per heavy atom. The average molecular weight is 282 g/mol. The van der Waals surface area contributed by atoms with Gasteiger partial charge < -0.3 is 21.3 Å². The molecule has 0 aromatic rings. The molecule has 0 rings (SSSR count). The van der Waals surface area contributed by atoms with Crippen LogP contribution in [0.25, 0.3) is 0 Å². The van der Waals surface area contributed by atoms with Crippen molar-refractivity contribution in [3.63, 3.8) is 0 Å². The van der Waals surface area contributed by atoms with Gasteiger partial charge in [0, 0.05) is 11.5 Å². The number of aliphatic carboxylic acids is 1. The zero-order valence-electron chi connectivity index (χ0n) is 9.63. The van der Waals surface area contributed by atoms with Gasteiger partial charge in [0.1, 0.15) is 12.1 Å². The molecule has 0 saturated heterocycles. The summed E-state index contributed by atoms with van der Waals surface area (Å²) < 4.78 is 4.49. The molecule has 5 N–H and O–H groups in total. The SMILES string of the molecule is COC(=O)[C@H](N)CCSSCC[C@@H](N)C(=O)O. The highest BCUT2D eigenvalue weighted by atomic mass is 33.1. The molecule has 2 atom stereocenters. The monoisotopic (exact) mass is 282 g/mol. The summed E-state index contributed by atoms with van der Waals surface area (Å²) in [4.78, 5) is 21.4. The number of ether oxygens (including phenoxy) is 1. The second kappa shape index (κ2) is 9.58. The van der Waals surface area contributed by atoms with E-state index in [2.05, 4.69) is 4.74 Å². The number of carboxylic acids is 1. The van der Waals surface area contributed by atoms with Gasteiger partial charge in [0.2, 0.25) is 0 Å². The molecule has 0 aromatic heterocycles. The van der Waals surface area contributed by atoms with Crippen LogP contribution in [0.1, 0.15) is 12.8 Å². The van der Waals surface area contributed by atoms with Crippen molar-refractivity contribution in [3.05, 3.63) is 0 Å². The van der Waals surface area contributed by atoms with Crippen LogP contribution in [-0.4, -0.2) is 47.7 Å². The first-order valence-electron chi connectivity index (χ1n) is 5.05. The molecule has 0 aromatic carbocycles. The van der Waals surface area contributed by atoms with E-state index >= 15 is 0 Å². The summed E-state index contributed by atoms with van der Waals surface area (Å²) >= 11 is 0. The van der Waals surface area contributed by atoms with E-state index in [1.54, 1.807) is 10.8 Å². The number of carboxylic acid groups (broad SMARTS) is 1. The first-order chi connectivity index (χ1) is 7.99. The topological polar surface area (TPSA) is 116 Å². The lowest BCUT2D eigenvalue weighted by Gasteiger charge is -2.08. The van der Waals surface area contributed by atoms with Gasteiger partial charge in [-0.1, -0.05) is 21.6 Å². The minimum atomic E-state index is -0.983. The predicted molar refractivity (Wildman–Crippen MR) is 69.8 cm³/mol. The van der Waals surface area contributed by atoms with Crippen LogP contribution >= 0.6 is 21.6 Å². The lowest BCUT2D eigenvalue weighted by atomic mass is 10.2. The molecule has 0 spiro atoms. The molecule has 0 heterocycles. The minimum Gasteiger partial charge on any atom is -0.480 e. The maximum atomic E-state index is 11.0. The molecule has 6 nitrogen and oxygen atoms in total. The van der Waals surface area contributed by atoms with Gasteiger partial charge in [0.25, 0.3) is 0 Å². The van der Waals surface area contributed by atoms with Crippen molar-refractivity contribution in [3.8, 4) is 0 Å². The number of esters is 1. The quantitative estimate of drug-likeness (QED) is 0.309. The largest absolute Gasteiger partial charge is 0.480 e. The van der Waals surface area contributed by atoms with E-state index in [-0.39, 0.29) is 0 Å². The first kappa shape index (κ1) is 16.6. The number of methoxy groups -OCH3 is 1. The van der Waals surface area contributed by atoms with E-state index in [9.17, 15) is 9.59 Å². The van der Waals surface area contributed by atoms with E-state index < -0.39 is 24.0 Å². The minimum absolute atomic E-state index is 0.413. The number of carbonyl (C=O) groups excluding carboxylic acids is 1. The van der Waals surface area contributed by atoms with E-state index in [4.69, 9.17) is 16.6 Å². The number of hydrogen-bond donors (Lipinski definition) is 3. The average Bonchev–Trinajstić information content (AvgIpc) is 2.31. The molecule has 0 bridgehead atoms. The lowest BCUT2D eigenvalue weighted by Crippen LogP contribution is -2.32. The molecule has 17 heavy (non-hydrogen) atoms. The van der Waals surface area contributed by atoms with E-state index in [0.717, 1.165) is 0 Å². The number of hydrogen-bond acceptors (Lipinski definition) is 7. The van der Waals surface area contributed by atoms with E-state index in [1.165, 1.54) is 17.9 Å². The third-order valence-electron chi connectivity index (χ3n) is 1.93. The highest BCUT2D eigenvalue weighted by Crippen LogP contribution is 2.23. The van der Waals surface area contributed by atoms with Gasteiger partial charge in [-0.2, -0.15) is 0 Å². The predicted octanol–water partition coefficient (Wildman–Crippen LogP) is 0.0602. The Labute approximate surface area is 108 Å². The van der Waals surface area contributed by atoms with Crippen LogP contribution in [0.4, 0.5) is 0 Å². The zero-order chi connectivity index (χ0) is 13.3. The van der Waals surface area contributed by atoms with Crippen molar-refractivity contribution in [2.75, 3.05) is 18.6 Å². The third-order valence-corrected chi connectivity index (χ3v) is 4.40. The fourth-order valence-electron chi connectivity index (χ4n) is 0.861. The number of rotatable bonds is 9. The van der Waals surface area contributed by atoms with Crippen molar-refractivity contribution in [1.82, 2.24) is 0 Å². The summed E-state index contributed by atoms with van der Waals surface area (Å²) in [5, 5.41) is 8.54. The summed E-state index contributed by atoms with van der Waals surface area (Å²) in [5.41, 5.74) is 10.9. The Kier molecular flexibility index (Phi) is 9.33. The van der Waals surface area contributed by atoms with Gasteiger partial charge in [0.15, 0.2) is 0 Å². The van der Waals surface area contributed by atoms with Gasteiger partial charge >= 0.3 is 11.9 Å².